The van der Waals surface area contributed by atoms with E-state index in [1.54, 1.807) is 25.3 Å². The third-order valence-corrected chi connectivity index (χ3v) is 5.93. The number of carbonyl (C=O) groups excluding carboxylic acids is 1. The molecule has 0 aromatic heterocycles. The normalized spacial score (nSPS) is 27.9. The van der Waals surface area contributed by atoms with E-state index in [-0.39, 0.29) is 23.0 Å². The summed E-state index contributed by atoms with van der Waals surface area (Å²) < 4.78 is 11.1. The van der Waals surface area contributed by atoms with Crippen molar-refractivity contribution in [3.63, 3.8) is 0 Å². The molecular formula is C20H23NO4. The summed E-state index contributed by atoms with van der Waals surface area (Å²) in [5, 5.41) is 10.4. The van der Waals surface area contributed by atoms with Gasteiger partial charge in [-0.15, -0.1) is 0 Å². The number of benzene rings is 1. The summed E-state index contributed by atoms with van der Waals surface area (Å²) in [5.41, 5.74) is 2.87. The van der Waals surface area contributed by atoms with E-state index in [0.717, 1.165) is 42.5 Å². The predicted octanol–water partition coefficient (Wildman–Crippen LogP) is 2.36. The Balaban J connectivity index is 2.06. The van der Waals surface area contributed by atoms with Crippen LogP contribution in [-0.4, -0.2) is 49.6 Å². The van der Waals surface area contributed by atoms with Gasteiger partial charge in [0, 0.05) is 17.0 Å². The van der Waals surface area contributed by atoms with E-state index in [4.69, 9.17) is 9.47 Å². The van der Waals surface area contributed by atoms with Crippen LogP contribution in [0.25, 0.3) is 0 Å². The summed E-state index contributed by atoms with van der Waals surface area (Å²) in [6.45, 7) is 0.937. The van der Waals surface area contributed by atoms with Gasteiger partial charge in [0.15, 0.2) is 17.3 Å². The highest BCUT2D eigenvalue weighted by atomic mass is 16.5. The molecule has 0 unspecified atom stereocenters. The molecule has 5 heteroatoms. The molecular weight excluding hydrogens is 318 g/mol. The van der Waals surface area contributed by atoms with Crippen molar-refractivity contribution in [1.29, 1.82) is 0 Å². The van der Waals surface area contributed by atoms with Crippen LogP contribution in [0.3, 0.4) is 0 Å². The highest BCUT2D eigenvalue weighted by Crippen LogP contribution is 2.56. The Hall–Kier alpha value is -2.27. The maximum atomic E-state index is 12.1. The molecule has 0 radical (unpaired) electrons. The Bertz CT molecular complexity index is 810. The van der Waals surface area contributed by atoms with E-state index >= 15 is 0 Å². The number of aryl methyl sites for hydroxylation is 1. The topological polar surface area (TPSA) is 59.0 Å². The minimum absolute atomic E-state index is 0.0408. The minimum atomic E-state index is -0.372. The van der Waals surface area contributed by atoms with Crippen LogP contribution in [0.15, 0.2) is 29.9 Å². The van der Waals surface area contributed by atoms with E-state index in [1.165, 1.54) is 7.11 Å². The molecule has 5 nitrogen and oxygen atoms in total. The maximum absolute atomic E-state index is 12.1. The third kappa shape index (κ3) is 2.15. The molecule has 4 rings (SSSR count). The summed E-state index contributed by atoms with van der Waals surface area (Å²) in [4.78, 5) is 14.5. The average molecular weight is 341 g/mol. The quantitative estimate of drug-likeness (QED) is 0.895. The number of likely N-dealkylation sites (tertiary alicyclic amines) is 1. The zero-order valence-electron chi connectivity index (χ0n) is 14.8. The van der Waals surface area contributed by atoms with Gasteiger partial charge in [0.2, 0.25) is 5.75 Å². The van der Waals surface area contributed by atoms with Gasteiger partial charge >= 0.3 is 0 Å². The van der Waals surface area contributed by atoms with E-state index < -0.39 is 0 Å². The summed E-state index contributed by atoms with van der Waals surface area (Å²) in [6.07, 6.45) is 8.10. The summed E-state index contributed by atoms with van der Waals surface area (Å²) in [7, 11) is 5.25. The lowest BCUT2D eigenvalue weighted by molar-refractivity contribution is -0.110. The van der Waals surface area contributed by atoms with Gasteiger partial charge in [-0.25, -0.2) is 0 Å². The van der Waals surface area contributed by atoms with Crippen LogP contribution < -0.4 is 9.47 Å². The Morgan fingerprint density at radius 2 is 2.04 bits per heavy atom. The number of nitrogens with zero attached hydrogens (tertiary/aromatic N) is 1. The number of phenolic OH excluding ortho intramolecular Hbond substituents is 1. The van der Waals surface area contributed by atoms with Crippen LogP contribution in [-0.2, 0) is 16.6 Å². The molecule has 1 aromatic carbocycles. The molecule has 0 amide bonds. The third-order valence-electron chi connectivity index (χ3n) is 5.93. The molecule has 1 fully saturated rings. The van der Waals surface area contributed by atoms with Crippen LogP contribution in [0.5, 0.6) is 17.2 Å². The molecule has 3 aliphatic rings. The van der Waals surface area contributed by atoms with E-state index in [0.29, 0.717) is 11.5 Å². The van der Waals surface area contributed by atoms with E-state index in [1.807, 2.05) is 6.08 Å². The molecule has 0 saturated carbocycles. The second-order valence-electron chi connectivity index (χ2n) is 7.09. The fourth-order valence-corrected chi connectivity index (χ4v) is 4.80. The maximum Gasteiger partial charge on any atom is 0.203 e. The molecule has 1 saturated heterocycles. The van der Waals surface area contributed by atoms with Gasteiger partial charge < -0.3 is 14.6 Å². The number of carbonyl (C=O) groups is 1. The SMILES string of the molecule is COc1c(O)cc2c(c1OC)[C@@]13C=CC(=O)C=C1[C@@H](CC2)N(C)CC3. The highest BCUT2D eigenvalue weighted by Gasteiger charge is 2.49. The number of aromatic hydroxyl groups is 1. The Labute approximate surface area is 147 Å². The van der Waals surface area contributed by atoms with Crippen LogP contribution in [0, 0.1) is 0 Å². The fourth-order valence-electron chi connectivity index (χ4n) is 4.80. The summed E-state index contributed by atoms with van der Waals surface area (Å²) >= 11 is 0. The molecule has 1 aromatic rings. The molecule has 1 N–H and O–H groups in total. The fraction of sp³-hybridized carbons (Fsp3) is 0.450. The first kappa shape index (κ1) is 16.2. The first-order chi connectivity index (χ1) is 12.0. The average Bonchev–Trinajstić information content (AvgIpc) is 2.69. The number of methoxy groups -OCH3 is 2. The largest absolute Gasteiger partial charge is 0.504 e. The Kier molecular flexibility index (Phi) is 3.65. The lowest BCUT2D eigenvalue weighted by atomic mass is 9.64. The number of ketones is 1. The van der Waals surface area contributed by atoms with Gasteiger partial charge in [-0.05, 0) is 62.2 Å². The summed E-state index contributed by atoms with van der Waals surface area (Å²) in [6, 6.07) is 2.02. The second kappa shape index (κ2) is 5.63. The molecule has 1 aliphatic heterocycles. The molecule has 2 bridgehead atoms. The van der Waals surface area contributed by atoms with Gasteiger partial charge in [-0.2, -0.15) is 0 Å². The zero-order chi connectivity index (χ0) is 17.8. The number of fused-ring (bicyclic) bond motifs is 1. The monoisotopic (exact) mass is 341 g/mol. The van der Waals surface area contributed by atoms with Gasteiger partial charge in [0.1, 0.15) is 0 Å². The van der Waals surface area contributed by atoms with Gasteiger partial charge in [0.05, 0.1) is 14.2 Å². The Morgan fingerprint density at radius 3 is 2.76 bits per heavy atom. The van der Waals surface area contributed by atoms with E-state index in [9.17, 15) is 9.90 Å². The van der Waals surface area contributed by atoms with Gasteiger partial charge in [-0.3, -0.25) is 9.69 Å². The number of phenols is 1. The highest BCUT2D eigenvalue weighted by molar-refractivity contribution is 6.02. The van der Waals surface area contributed by atoms with E-state index in [2.05, 4.69) is 11.9 Å². The number of allylic oxidation sites excluding steroid dienone is 3. The van der Waals surface area contributed by atoms with Crippen molar-refractivity contribution in [2.24, 2.45) is 0 Å². The molecule has 132 valence electrons. The number of hydrogen-bond acceptors (Lipinski definition) is 5. The van der Waals surface area contributed by atoms with Crippen molar-refractivity contribution in [1.82, 2.24) is 4.90 Å². The van der Waals surface area contributed by atoms with Gasteiger partial charge in [-0.1, -0.05) is 6.08 Å². The van der Waals surface area contributed by atoms with Gasteiger partial charge in [0.25, 0.3) is 0 Å². The van der Waals surface area contributed by atoms with Crippen molar-refractivity contribution in [3.05, 3.63) is 41.0 Å². The predicted molar refractivity (Wildman–Crippen MR) is 94.5 cm³/mol. The van der Waals surface area contributed by atoms with Crippen molar-refractivity contribution >= 4 is 5.78 Å². The molecule has 1 heterocycles. The lowest BCUT2D eigenvalue weighted by Crippen LogP contribution is -2.49. The van der Waals surface area contributed by atoms with Crippen molar-refractivity contribution in [3.8, 4) is 17.2 Å². The number of rotatable bonds is 2. The molecule has 2 atom stereocenters. The number of likely N-dealkylation sites (N-methyl/N-ethyl adjacent to an activating group) is 1. The van der Waals surface area contributed by atoms with Crippen molar-refractivity contribution in [2.45, 2.75) is 30.7 Å². The smallest absolute Gasteiger partial charge is 0.203 e. The van der Waals surface area contributed by atoms with Crippen LogP contribution in [0.1, 0.15) is 24.0 Å². The summed E-state index contributed by atoms with van der Waals surface area (Å²) in [5.74, 6) is 1.07. The zero-order valence-corrected chi connectivity index (χ0v) is 14.8. The first-order valence-electron chi connectivity index (χ1n) is 8.64. The number of hydrogen-bond donors (Lipinski definition) is 1. The van der Waals surface area contributed by atoms with Crippen LogP contribution in [0.4, 0.5) is 0 Å². The number of ether oxygens (including phenoxy) is 2. The van der Waals surface area contributed by atoms with Crippen LogP contribution in [0.2, 0.25) is 0 Å². The molecule has 2 aliphatic carbocycles. The van der Waals surface area contributed by atoms with Crippen molar-refractivity contribution < 1.29 is 19.4 Å². The second-order valence-corrected chi connectivity index (χ2v) is 7.09. The first-order valence-corrected chi connectivity index (χ1v) is 8.64. The lowest BCUT2D eigenvalue weighted by Gasteiger charge is -2.47. The molecule has 25 heavy (non-hydrogen) atoms. The minimum Gasteiger partial charge on any atom is -0.504 e. The van der Waals surface area contributed by atoms with Crippen LogP contribution >= 0.6 is 0 Å². The molecule has 0 spiro atoms. The van der Waals surface area contributed by atoms with Crippen molar-refractivity contribution in [2.75, 3.05) is 27.8 Å². The number of piperidine rings is 1. The standard InChI is InChI=1S/C20H23NO4/c1-21-9-8-20-7-6-13(22)11-14(20)15(21)5-4-12-10-16(23)18(24-2)19(25-3)17(12)20/h6-7,10-11,15,23H,4-5,8-9H2,1-3H3/t15-,20-/m1/s1. The Morgan fingerprint density at radius 1 is 1.28 bits per heavy atom.